The number of anilines is 1. The minimum absolute atomic E-state index is 0.00278. The number of rotatable bonds is 4. The molecule has 0 radical (unpaired) electrons. The van der Waals surface area contributed by atoms with Gasteiger partial charge in [-0.25, -0.2) is 0 Å². The standard InChI is InChI=1S/C15H22N2O2/c1-11(2)17(9-10-18)15(19)13-5-3-7-14-12(13)6-4-8-16-14/h3,5,7,11,16,18H,4,6,8-10H2,1-2H3. The number of hydrogen-bond donors (Lipinski definition) is 2. The molecule has 0 unspecified atom stereocenters. The van der Waals surface area contributed by atoms with Crippen molar-refractivity contribution in [3.8, 4) is 0 Å². The maximum absolute atomic E-state index is 12.6. The number of amides is 1. The van der Waals surface area contributed by atoms with Gasteiger partial charge in [0.1, 0.15) is 0 Å². The van der Waals surface area contributed by atoms with Gasteiger partial charge in [-0.3, -0.25) is 4.79 Å². The Bertz CT molecular complexity index is 457. The summed E-state index contributed by atoms with van der Waals surface area (Å²) in [4.78, 5) is 14.4. The minimum atomic E-state index is -0.00278. The zero-order valence-electron chi connectivity index (χ0n) is 11.6. The van der Waals surface area contributed by atoms with Crippen LogP contribution in [0.1, 0.15) is 36.2 Å². The van der Waals surface area contributed by atoms with E-state index in [1.54, 1.807) is 4.90 Å². The van der Waals surface area contributed by atoms with Gasteiger partial charge in [0, 0.05) is 30.4 Å². The van der Waals surface area contributed by atoms with Crippen molar-refractivity contribution in [1.29, 1.82) is 0 Å². The van der Waals surface area contributed by atoms with E-state index in [2.05, 4.69) is 5.32 Å². The third kappa shape index (κ3) is 2.89. The Morgan fingerprint density at radius 2 is 2.26 bits per heavy atom. The molecule has 1 aliphatic rings. The number of benzene rings is 1. The molecule has 4 nitrogen and oxygen atoms in total. The van der Waals surface area contributed by atoms with Crippen LogP contribution in [0.5, 0.6) is 0 Å². The van der Waals surface area contributed by atoms with Crippen LogP contribution in [0.15, 0.2) is 18.2 Å². The van der Waals surface area contributed by atoms with E-state index >= 15 is 0 Å². The molecule has 0 atom stereocenters. The summed E-state index contributed by atoms with van der Waals surface area (Å²) in [5, 5.41) is 12.5. The van der Waals surface area contributed by atoms with Gasteiger partial charge in [-0.1, -0.05) is 6.07 Å². The highest BCUT2D eigenvalue weighted by Gasteiger charge is 2.23. The van der Waals surface area contributed by atoms with Gasteiger partial charge in [-0.05, 0) is 44.4 Å². The fraction of sp³-hybridized carbons (Fsp3) is 0.533. The second-order valence-corrected chi connectivity index (χ2v) is 5.18. The van der Waals surface area contributed by atoms with E-state index in [9.17, 15) is 4.79 Å². The van der Waals surface area contributed by atoms with E-state index in [-0.39, 0.29) is 18.6 Å². The molecular formula is C15H22N2O2. The summed E-state index contributed by atoms with van der Waals surface area (Å²) in [5.74, 6) is 0.0181. The lowest BCUT2D eigenvalue weighted by molar-refractivity contribution is 0.0664. The van der Waals surface area contributed by atoms with E-state index in [0.29, 0.717) is 6.54 Å². The van der Waals surface area contributed by atoms with Gasteiger partial charge >= 0.3 is 0 Å². The van der Waals surface area contributed by atoms with Crippen LogP contribution in [0.3, 0.4) is 0 Å². The molecule has 1 aromatic rings. The van der Waals surface area contributed by atoms with Crippen LogP contribution in [0.2, 0.25) is 0 Å². The molecule has 104 valence electrons. The summed E-state index contributed by atoms with van der Waals surface area (Å²) >= 11 is 0. The summed E-state index contributed by atoms with van der Waals surface area (Å²) in [6.45, 7) is 5.29. The lowest BCUT2D eigenvalue weighted by atomic mass is 9.96. The zero-order chi connectivity index (χ0) is 13.8. The lowest BCUT2D eigenvalue weighted by Crippen LogP contribution is -2.39. The smallest absolute Gasteiger partial charge is 0.254 e. The summed E-state index contributed by atoms with van der Waals surface area (Å²) < 4.78 is 0. The highest BCUT2D eigenvalue weighted by atomic mass is 16.3. The predicted molar refractivity (Wildman–Crippen MR) is 76.5 cm³/mol. The Kier molecular flexibility index (Phi) is 4.43. The van der Waals surface area contributed by atoms with Gasteiger partial charge in [0.25, 0.3) is 5.91 Å². The predicted octanol–water partition coefficient (Wildman–Crippen LogP) is 1.89. The fourth-order valence-electron chi connectivity index (χ4n) is 2.57. The Hall–Kier alpha value is -1.55. The van der Waals surface area contributed by atoms with Gasteiger partial charge in [0.2, 0.25) is 0 Å². The topological polar surface area (TPSA) is 52.6 Å². The third-order valence-corrected chi connectivity index (χ3v) is 3.55. The van der Waals surface area contributed by atoms with Crippen molar-refractivity contribution in [3.05, 3.63) is 29.3 Å². The second-order valence-electron chi connectivity index (χ2n) is 5.18. The van der Waals surface area contributed by atoms with E-state index in [0.717, 1.165) is 36.2 Å². The van der Waals surface area contributed by atoms with Crippen LogP contribution in [0, 0.1) is 0 Å². The van der Waals surface area contributed by atoms with Crippen molar-refractivity contribution in [3.63, 3.8) is 0 Å². The average molecular weight is 262 g/mol. The average Bonchev–Trinajstić information content (AvgIpc) is 2.43. The molecule has 2 N–H and O–H groups in total. The molecule has 2 rings (SSSR count). The summed E-state index contributed by atoms with van der Waals surface area (Å²) in [6, 6.07) is 5.92. The van der Waals surface area contributed by atoms with E-state index < -0.39 is 0 Å². The molecule has 1 heterocycles. The number of carbonyl (C=O) groups excluding carboxylic acids is 1. The molecule has 0 saturated carbocycles. The van der Waals surface area contributed by atoms with Gasteiger partial charge < -0.3 is 15.3 Å². The van der Waals surface area contributed by atoms with Crippen molar-refractivity contribution >= 4 is 11.6 Å². The van der Waals surface area contributed by atoms with Crippen LogP contribution in [0.25, 0.3) is 0 Å². The number of nitrogens with zero attached hydrogens (tertiary/aromatic N) is 1. The van der Waals surface area contributed by atoms with Crippen LogP contribution in [-0.2, 0) is 6.42 Å². The van der Waals surface area contributed by atoms with Crippen molar-refractivity contribution in [2.75, 3.05) is 25.0 Å². The summed E-state index contributed by atoms with van der Waals surface area (Å²) in [7, 11) is 0. The van der Waals surface area contributed by atoms with Crippen molar-refractivity contribution in [2.24, 2.45) is 0 Å². The van der Waals surface area contributed by atoms with Crippen molar-refractivity contribution in [2.45, 2.75) is 32.7 Å². The van der Waals surface area contributed by atoms with Gasteiger partial charge in [-0.15, -0.1) is 0 Å². The first-order valence-corrected chi connectivity index (χ1v) is 6.92. The van der Waals surface area contributed by atoms with Crippen LogP contribution < -0.4 is 5.32 Å². The number of hydrogen-bond acceptors (Lipinski definition) is 3. The zero-order valence-corrected chi connectivity index (χ0v) is 11.6. The first kappa shape index (κ1) is 13.9. The van der Waals surface area contributed by atoms with Crippen molar-refractivity contribution < 1.29 is 9.90 Å². The first-order chi connectivity index (χ1) is 9.15. The third-order valence-electron chi connectivity index (χ3n) is 3.55. The first-order valence-electron chi connectivity index (χ1n) is 6.92. The molecule has 0 aliphatic carbocycles. The van der Waals surface area contributed by atoms with Crippen LogP contribution in [0.4, 0.5) is 5.69 Å². The minimum Gasteiger partial charge on any atom is -0.395 e. The summed E-state index contributed by atoms with van der Waals surface area (Å²) in [5.41, 5.74) is 2.96. The largest absolute Gasteiger partial charge is 0.395 e. The molecule has 4 heteroatoms. The SMILES string of the molecule is CC(C)N(CCO)C(=O)c1cccc2c1CCCN2. The molecular weight excluding hydrogens is 240 g/mol. The lowest BCUT2D eigenvalue weighted by Gasteiger charge is -2.28. The number of aliphatic hydroxyl groups is 1. The fourth-order valence-corrected chi connectivity index (χ4v) is 2.57. The molecule has 1 aliphatic heterocycles. The highest BCUT2D eigenvalue weighted by molar-refractivity contribution is 5.97. The van der Waals surface area contributed by atoms with Crippen LogP contribution in [-0.4, -0.2) is 41.7 Å². The Morgan fingerprint density at radius 3 is 2.95 bits per heavy atom. The molecule has 1 amide bonds. The second kappa shape index (κ2) is 6.06. The molecule has 19 heavy (non-hydrogen) atoms. The number of fused-ring (bicyclic) bond motifs is 1. The van der Waals surface area contributed by atoms with E-state index in [1.807, 2.05) is 32.0 Å². The monoisotopic (exact) mass is 262 g/mol. The van der Waals surface area contributed by atoms with Gasteiger partial charge in [0.15, 0.2) is 0 Å². The Balaban J connectivity index is 2.32. The molecule has 0 saturated heterocycles. The highest BCUT2D eigenvalue weighted by Crippen LogP contribution is 2.26. The Morgan fingerprint density at radius 1 is 1.47 bits per heavy atom. The Labute approximate surface area is 114 Å². The van der Waals surface area contributed by atoms with E-state index in [4.69, 9.17) is 5.11 Å². The quantitative estimate of drug-likeness (QED) is 0.871. The number of aliphatic hydroxyl groups excluding tert-OH is 1. The normalized spacial score (nSPS) is 13.9. The van der Waals surface area contributed by atoms with Gasteiger partial charge in [0.05, 0.1) is 6.61 Å². The maximum atomic E-state index is 12.6. The summed E-state index contributed by atoms with van der Waals surface area (Å²) in [6.07, 6.45) is 1.99. The molecule has 1 aromatic carbocycles. The maximum Gasteiger partial charge on any atom is 0.254 e. The molecule has 0 fully saturated rings. The molecule has 0 aromatic heterocycles. The molecule has 0 spiro atoms. The van der Waals surface area contributed by atoms with E-state index in [1.165, 1.54) is 0 Å². The molecule has 0 bridgehead atoms. The van der Waals surface area contributed by atoms with Gasteiger partial charge in [-0.2, -0.15) is 0 Å². The van der Waals surface area contributed by atoms with Crippen molar-refractivity contribution in [1.82, 2.24) is 4.90 Å². The number of nitrogens with one attached hydrogen (secondary N) is 1. The van der Waals surface area contributed by atoms with Crippen LogP contribution >= 0.6 is 0 Å². The number of carbonyl (C=O) groups is 1.